The zero-order valence-electron chi connectivity index (χ0n) is 33.0. The average Bonchev–Trinajstić information content (AvgIpc) is 3.63. The highest BCUT2D eigenvalue weighted by atomic mass is 16.5. The van der Waals surface area contributed by atoms with Gasteiger partial charge in [0.1, 0.15) is 6.04 Å². The fraction of sp³-hybridized carbons (Fsp3) is 0.744. The van der Waals surface area contributed by atoms with E-state index in [0.717, 1.165) is 18.4 Å². The smallest absolute Gasteiger partial charge is 0.318 e. The van der Waals surface area contributed by atoms with Gasteiger partial charge in [0.2, 0.25) is 17.7 Å². The highest BCUT2D eigenvalue weighted by molar-refractivity contribution is 5.88. The largest absolute Gasteiger partial charge is 0.394 e. The first-order valence-corrected chi connectivity index (χ1v) is 19.1. The van der Waals surface area contributed by atoms with Crippen LogP contribution < -0.4 is 16.0 Å². The van der Waals surface area contributed by atoms with Crippen molar-refractivity contribution >= 4 is 23.8 Å². The number of benzene rings is 1. The number of hydrogen-bond acceptors (Lipinski definition) is 8. The molecule has 2 aliphatic rings. The second-order valence-electron chi connectivity index (χ2n) is 15.1. The van der Waals surface area contributed by atoms with Crippen LogP contribution in [-0.4, -0.2) is 140 Å². The summed E-state index contributed by atoms with van der Waals surface area (Å²) in [6.07, 6.45) is 1.56. The Morgan fingerprint density at radius 2 is 1.71 bits per heavy atom. The lowest BCUT2D eigenvalue weighted by molar-refractivity contribution is -0.147. The van der Waals surface area contributed by atoms with Crippen LogP contribution >= 0.6 is 0 Å². The normalized spacial score (nSPS) is 21.8. The van der Waals surface area contributed by atoms with Crippen LogP contribution in [0.5, 0.6) is 0 Å². The monoisotopic (exact) mass is 730 g/mol. The van der Waals surface area contributed by atoms with E-state index in [1.54, 1.807) is 42.9 Å². The molecule has 0 aromatic heterocycles. The first-order valence-electron chi connectivity index (χ1n) is 19.1. The molecule has 13 nitrogen and oxygen atoms in total. The van der Waals surface area contributed by atoms with Crippen molar-refractivity contribution < 1.29 is 33.8 Å². The van der Waals surface area contributed by atoms with E-state index in [0.29, 0.717) is 39.0 Å². The maximum atomic E-state index is 14.2. The zero-order valence-corrected chi connectivity index (χ0v) is 33.0. The summed E-state index contributed by atoms with van der Waals surface area (Å²) in [6, 6.07) is 7.47. The second kappa shape index (κ2) is 20.8. The summed E-state index contributed by atoms with van der Waals surface area (Å²) in [5.74, 6) is -1.36. The molecule has 2 aliphatic heterocycles. The number of nitrogens with one attached hydrogen (secondary N) is 3. The van der Waals surface area contributed by atoms with Gasteiger partial charge in [0.15, 0.2) is 0 Å². The molecule has 294 valence electrons. The molecule has 2 fully saturated rings. The molecule has 1 aromatic rings. The maximum Gasteiger partial charge on any atom is 0.318 e. The van der Waals surface area contributed by atoms with Crippen molar-refractivity contribution in [3.05, 3.63) is 35.9 Å². The van der Waals surface area contributed by atoms with Gasteiger partial charge < -0.3 is 45.2 Å². The Bertz CT molecular complexity index is 1280. The fourth-order valence-electron chi connectivity index (χ4n) is 7.79. The first-order chi connectivity index (χ1) is 24.8. The van der Waals surface area contributed by atoms with Crippen LogP contribution in [0.2, 0.25) is 0 Å². The summed E-state index contributed by atoms with van der Waals surface area (Å²) >= 11 is 0. The Balaban J connectivity index is 1.74. The van der Waals surface area contributed by atoms with Crippen molar-refractivity contribution in [1.82, 2.24) is 30.7 Å². The van der Waals surface area contributed by atoms with E-state index >= 15 is 0 Å². The summed E-state index contributed by atoms with van der Waals surface area (Å²) in [7, 11) is 4.87. The van der Waals surface area contributed by atoms with Crippen molar-refractivity contribution in [3.63, 3.8) is 0 Å². The zero-order chi connectivity index (χ0) is 38.5. The van der Waals surface area contributed by atoms with Gasteiger partial charge in [-0.25, -0.2) is 4.79 Å². The lowest BCUT2D eigenvalue weighted by Gasteiger charge is -2.41. The molecule has 5 amide bonds. The van der Waals surface area contributed by atoms with Crippen LogP contribution in [0.25, 0.3) is 0 Å². The van der Waals surface area contributed by atoms with Crippen LogP contribution in [-0.2, 0) is 30.3 Å². The number of hydrogen-bond donors (Lipinski definition) is 4. The van der Waals surface area contributed by atoms with E-state index in [1.807, 2.05) is 65.0 Å². The number of aliphatic hydroxyl groups is 1. The Kier molecular flexibility index (Phi) is 17.3. The minimum Gasteiger partial charge on any atom is -0.394 e. The summed E-state index contributed by atoms with van der Waals surface area (Å²) in [4.78, 5) is 60.4. The topological polar surface area (TPSA) is 153 Å². The minimum absolute atomic E-state index is 0.00715. The molecular weight excluding hydrogens is 664 g/mol. The standard InChI is InChI=1S/C39H66N6O7/c1-10-26(4)35(43(7)38(49)34(25(2)3)42-39(50)44-20-18-40-23-27(44)5)32(51-8)22-33(47)45-19-14-17-31(45)36(52-9)28(6)37(48)41-30(24-46)21-29-15-12-11-13-16-29/h11-13,15-16,25-28,30-32,34-36,40,46H,10,14,17-24H2,1-9H3,(H,41,48)(H,42,50)/t26?,27-,28?,30?,31-,32?,34?,35?,36?/m0/s1. The number of urea groups is 1. The number of rotatable bonds is 18. The lowest BCUT2D eigenvalue weighted by atomic mass is 9.89. The third-order valence-corrected chi connectivity index (χ3v) is 11.1. The van der Waals surface area contributed by atoms with Crippen LogP contribution in [0.4, 0.5) is 4.79 Å². The number of likely N-dealkylation sites (tertiary alicyclic amines) is 1. The van der Waals surface area contributed by atoms with Gasteiger partial charge >= 0.3 is 6.03 Å². The first kappa shape index (κ1) is 43.1. The third-order valence-electron chi connectivity index (χ3n) is 11.1. The Morgan fingerprint density at radius 3 is 2.29 bits per heavy atom. The second-order valence-corrected chi connectivity index (χ2v) is 15.1. The van der Waals surface area contributed by atoms with Gasteiger partial charge in [0.25, 0.3) is 0 Å². The molecule has 0 radical (unpaired) electrons. The number of ether oxygens (including phenoxy) is 2. The number of amides is 5. The minimum atomic E-state index is -0.754. The summed E-state index contributed by atoms with van der Waals surface area (Å²) in [5, 5.41) is 19.3. The molecule has 9 atom stereocenters. The molecule has 0 spiro atoms. The molecule has 52 heavy (non-hydrogen) atoms. The molecule has 2 heterocycles. The lowest BCUT2D eigenvalue weighted by Crippen LogP contribution is -2.61. The van der Waals surface area contributed by atoms with Gasteiger partial charge in [-0.05, 0) is 43.6 Å². The van der Waals surface area contributed by atoms with Crippen LogP contribution in [0.1, 0.15) is 72.8 Å². The summed E-state index contributed by atoms with van der Waals surface area (Å²) in [6.45, 7) is 14.0. The van der Waals surface area contributed by atoms with E-state index in [4.69, 9.17) is 9.47 Å². The van der Waals surface area contributed by atoms with E-state index in [1.165, 1.54) is 0 Å². The Labute approximate surface area is 311 Å². The number of methoxy groups -OCH3 is 2. The average molecular weight is 731 g/mol. The number of piperazine rings is 1. The molecule has 0 aliphatic carbocycles. The van der Waals surface area contributed by atoms with Crippen molar-refractivity contribution in [2.75, 3.05) is 54.1 Å². The van der Waals surface area contributed by atoms with Crippen LogP contribution in [0, 0.1) is 17.8 Å². The molecule has 3 rings (SSSR count). The van der Waals surface area contributed by atoms with Crippen LogP contribution in [0.3, 0.4) is 0 Å². The Hall–Kier alpha value is -3.26. The van der Waals surface area contributed by atoms with Gasteiger partial charge in [-0.3, -0.25) is 14.4 Å². The molecule has 0 saturated carbocycles. The van der Waals surface area contributed by atoms with Crippen molar-refractivity contribution in [1.29, 1.82) is 0 Å². The van der Waals surface area contributed by atoms with E-state index in [2.05, 4.69) is 16.0 Å². The van der Waals surface area contributed by atoms with Crippen LogP contribution in [0.15, 0.2) is 30.3 Å². The molecule has 0 bridgehead atoms. The number of carbonyl (C=O) groups excluding carboxylic acids is 4. The Morgan fingerprint density at radius 1 is 1.02 bits per heavy atom. The van der Waals surface area contributed by atoms with Gasteiger partial charge in [0.05, 0.1) is 49.3 Å². The number of carbonyl (C=O) groups is 4. The van der Waals surface area contributed by atoms with Gasteiger partial charge in [-0.2, -0.15) is 0 Å². The highest BCUT2D eigenvalue weighted by Gasteiger charge is 2.43. The molecule has 1 aromatic carbocycles. The fourth-order valence-corrected chi connectivity index (χ4v) is 7.79. The molecule has 7 unspecified atom stereocenters. The number of nitrogens with zero attached hydrogens (tertiary/aromatic N) is 3. The number of likely N-dealkylation sites (N-methyl/N-ethyl adjacent to an activating group) is 1. The predicted octanol–water partition coefficient (Wildman–Crippen LogP) is 2.65. The van der Waals surface area contributed by atoms with E-state index < -0.39 is 36.3 Å². The summed E-state index contributed by atoms with van der Waals surface area (Å²) < 4.78 is 11.9. The maximum absolute atomic E-state index is 14.2. The van der Waals surface area contributed by atoms with Gasteiger partial charge in [0, 0.05) is 53.5 Å². The number of aliphatic hydroxyl groups excluding tert-OH is 1. The SMILES string of the molecule is CCC(C)C(C(CC(=O)N1CCC[C@H]1C(OC)C(C)C(=O)NC(CO)Cc1ccccc1)OC)N(C)C(=O)C(NC(=O)N1CCNC[C@@H]1C)C(C)C. The van der Waals surface area contributed by atoms with Gasteiger partial charge in [-0.15, -0.1) is 0 Å². The highest BCUT2D eigenvalue weighted by Crippen LogP contribution is 2.30. The molecule has 13 heteroatoms. The quantitative estimate of drug-likeness (QED) is 0.180. The third kappa shape index (κ3) is 11.1. The van der Waals surface area contributed by atoms with E-state index in [-0.39, 0.29) is 60.7 Å². The predicted molar refractivity (Wildman–Crippen MR) is 201 cm³/mol. The van der Waals surface area contributed by atoms with Crippen molar-refractivity contribution in [2.24, 2.45) is 17.8 Å². The van der Waals surface area contributed by atoms with Crippen molar-refractivity contribution in [2.45, 2.75) is 116 Å². The molecular formula is C39H66N6O7. The molecule has 2 saturated heterocycles. The summed E-state index contributed by atoms with van der Waals surface area (Å²) in [5.41, 5.74) is 1.01. The van der Waals surface area contributed by atoms with E-state index in [9.17, 15) is 24.3 Å². The van der Waals surface area contributed by atoms with Crippen molar-refractivity contribution in [3.8, 4) is 0 Å². The molecule has 4 N–H and O–H groups in total. The van der Waals surface area contributed by atoms with Gasteiger partial charge in [-0.1, -0.05) is 71.4 Å².